The predicted octanol–water partition coefficient (Wildman–Crippen LogP) is 2.16. The quantitative estimate of drug-likeness (QED) is 0.760. The van der Waals surface area contributed by atoms with Gasteiger partial charge in [-0.05, 0) is 37.6 Å². The second kappa shape index (κ2) is 4.29. The monoisotopic (exact) mass is 262 g/mol. The van der Waals surface area contributed by atoms with E-state index in [1.54, 1.807) is 17.0 Å². The summed E-state index contributed by atoms with van der Waals surface area (Å²) >= 11 is 5.98. The summed E-state index contributed by atoms with van der Waals surface area (Å²) in [6.07, 6.45) is 0. The van der Waals surface area contributed by atoms with Gasteiger partial charge in [-0.2, -0.15) is 5.26 Å². The van der Waals surface area contributed by atoms with E-state index in [0.29, 0.717) is 5.02 Å². The molecule has 0 saturated carbocycles. The average molecular weight is 263 g/mol. The maximum absolute atomic E-state index is 9.21. The van der Waals surface area contributed by atoms with E-state index >= 15 is 0 Å². The van der Waals surface area contributed by atoms with Gasteiger partial charge in [0.05, 0.1) is 6.07 Å². The van der Waals surface area contributed by atoms with Crippen molar-refractivity contribution >= 4 is 17.3 Å². The number of nitriles is 1. The van der Waals surface area contributed by atoms with E-state index < -0.39 is 11.7 Å². The Labute approximate surface area is 111 Å². The number of rotatable bonds is 1. The Morgan fingerprint density at radius 1 is 1.39 bits per heavy atom. The lowest BCUT2D eigenvalue weighted by Crippen LogP contribution is -2.64. The topological polar surface area (TPSA) is 79.1 Å². The molecule has 0 radical (unpaired) electrons. The number of allylic oxidation sites excluding steroid dienone is 1. The Balaban J connectivity index is 2.55. The van der Waals surface area contributed by atoms with Crippen molar-refractivity contribution in [2.75, 3.05) is 4.90 Å². The van der Waals surface area contributed by atoms with Crippen LogP contribution in [-0.4, -0.2) is 5.79 Å². The first kappa shape index (κ1) is 12.9. The second-order valence-corrected chi connectivity index (χ2v) is 4.97. The fourth-order valence-corrected chi connectivity index (χ4v) is 2.57. The summed E-state index contributed by atoms with van der Waals surface area (Å²) in [4.78, 5) is 1.77. The highest BCUT2D eigenvalue weighted by molar-refractivity contribution is 6.30. The first-order valence-corrected chi connectivity index (χ1v) is 5.98. The molecule has 1 aliphatic heterocycles. The lowest BCUT2D eigenvalue weighted by atomic mass is 9.98. The number of halogens is 1. The Morgan fingerprint density at radius 3 is 2.56 bits per heavy atom. The lowest BCUT2D eigenvalue weighted by Gasteiger charge is -2.36. The summed E-state index contributed by atoms with van der Waals surface area (Å²) in [6, 6.07) is 9.43. The molecule has 1 unspecified atom stereocenters. The van der Waals surface area contributed by atoms with Gasteiger partial charge in [-0.15, -0.1) is 0 Å². The van der Waals surface area contributed by atoms with Crippen LogP contribution >= 0.6 is 11.6 Å². The highest BCUT2D eigenvalue weighted by atomic mass is 35.5. The Kier molecular flexibility index (Phi) is 3.07. The number of hydrogen-bond acceptors (Lipinski definition) is 4. The fourth-order valence-electron chi connectivity index (χ4n) is 2.38. The van der Waals surface area contributed by atoms with Crippen LogP contribution in [0.25, 0.3) is 0 Å². The van der Waals surface area contributed by atoms with Crippen molar-refractivity contribution in [2.24, 2.45) is 17.4 Å². The molecule has 0 amide bonds. The number of benzene rings is 1. The van der Waals surface area contributed by atoms with Crippen LogP contribution < -0.4 is 16.4 Å². The fraction of sp³-hybridized carbons (Fsp3) is 0.308. The molecular formula is C13H15ClN4. The van der Waals surface area contributed by atoms with Crippen LogP contribution in [0, 0.1) is 17.2 Å². The molecule has 5 heteroatoms. The molecule has 0 aromatic heterocycles. The standard InChI is InChI=1S/C13H15ClN4/c1-8-9(2)18(13(16,17)12(8)7-15)11-5-3-4-10(14)6-11/h3-6,12H,16-17H2,1-2H3. The SMILES string of the molecule is CC1=C(C)N(c2cccc(Cl)c2)C(N)(N)C1C#N. The van der Waals surface area contributed by atoms with Crippen molar-refractivity contribution in [3.63, 3.8) is 0 Å². The van der Waals surface area contributed by atoms with E-state index in [4.69, 9.17) is 23.1 Å². The van der Waals surface area contributed by atoms with Gasteiger partial charge in [0.15, 0.2) is 5.79 Å². The number of anilines is 1. The molecule has 94 valence electrons. The van der Waals surface area contributed by atoms with Crippen molar-refractivity contribution in [3.05, 3.63) is 40.6 Å². The zero-order valence-corrected chi connectivity index (χ0v) is 11.1. The van der Waals surface area contributed by atoms with E-state index in [1.165, 1.54) is 0 Å². The van der Waals surface area contributed by atoms with E-state index in [0.717, 1.165) is 17.0 Å². The molecule has 1 aromatic rings. The van der Waals surface area contributed by atoms with Gasteiger partial charge in [-0.1, -0.05) is 17.7 Å². The minimum absolute atomic E-state index is 0.531. The Hall–Kier alpha value is -1.54. The van der Waals surface area contributed by atoms with E-state index in [1.807, 2.05) is 26.0 Å². The zero-order valence-electron chi connectivity index (χ0n) is 10.3. The molecule has 0 saturated heterocycles. The van der Waals surface area contributed by atoms with Crippen LogP contribution in [-0.2, 0) is 0 Å². The van der Waals surface area contributed by atoms with Crippen LogP contribution in [0.4, 0.5) is 5.69 Å². The number of hydrogen-bond donors (Lipinski definition) is 2. The summed E-state index contributed by atoms with van der Waals surface area (Å²) in [5.41, 5.74) is 14.9. The summed E-state index contributed by atoms with van der Waals surface area (Å²) in [6.45, 7) is 3.78. The molecule has 4 nitrogen and oxygen atoms in total. The third-order valence-corrected chi connectivity index (χ3v) is 3.62. The van der Waals surface area contributed by atoms with Crippen molar-refractivity contribution in [3.8, 4) is 6.07 Å². The normalized spacial score (nSPS) is 22.2. The third-order valence-electron chi connectivity index (χ3n) is 3.38. The molecule has 18 heavy (non-hydrogen) atoms. The first-order valence-electron chi connectivity index (χ1n) is 5.60. The van der Waals surface area contributed by atoms with Gasteiger partial charge in [-0.3, -0.25) is 11.5 Å². The Bertz CT molecular complexity index is 556. The maximum Gasteiger partial charge on any atom is 0.165 e. The molecule has 1 aromatic carbocycles. The van der Waals surface area contributed by atoms with Crippen LogP contribution in [0.5, 0.6) is 0 Å². The van der Waals surface area contributed by atoms with E-state index in [9.17, 15) is 5.26 Å². The molecule has 1 atom stereocenters. The van der Waals surface area contributed by atoms with Crippen LogP contribution in [0.3, 0.4) is 0 Å². The van der Waals surface area contributed by atoms with Crippen LogP contribution in [0.15, 0.2) is 35.5 Å². The molecule has 1 heterocycles. The van der Waals surface area contributed by atoms with Crippen LogP contribution in [0.2, 0.25) is 5.02 Å². The molecule has 0 aliphatic carbocycles. The van der Waals surface area contributed by atoms with Crippen LogP contribution in [0.1, 0.15) is 13.8 Å². The Morgan fingerprint density at radius 2 is 2.06 bits per heavy atom. The maximum atomic E-state index is 9.21. The highest BCUT2D eigenvalue weighted by Gasteiger charge is 2.46. The number of nitrogens with two attached hydrogens (primary N) is 2. The predicted molar refractivity (Wildman–Crippen MR) is 72.5 cm³/mol. The van der Waals surface area contributed by atoms with Gasteiger partial charge >= 0.3 is 0 Å². The molecule has 0 fully saturated rings. The van der Waals surface area contributed by atoms with Crippen molar-refractivity contribution in [1.82, 2.24) is 0 Å². The third kappa shape index (κ3) is 1.77. The summed E-state index contributed by atoms with van der Waals surface area (Å²) in [5.74, 6) is -1.77. The largest absolute Gasteiger partial charge is 0.313 e. The average Bonchev–Trinajstić information content (AvgIpc) is 2.45. The van der Waals surface area contributed by atoms with Crippen molar-refractivity contribution < 1.29 is 0 Å². The van der Waals surface area contributed by atoms with Gasteiger partial charge in [-0.25, -0.2) is 0 Å². The van der Waals surface area contributed by atoms with Gasteiger partial charge in [0.1, 0.15) is 5.92 Å². The van der Waals surface area contributed by atoms with Gasteiger partial charge in [0.25, 0.3) is 0 Å². The van der Waals surface area contributed by atoms with E-state index in [-0.39, 0.29) is 0 Å². The smallest absolute Gasteiger partial charge is 0.165 e. The summed E-state index contributed by atoms with van der Waals surface area (Å²) in [5, 5.41) is 9.82. The van der Waals surface area contributed by atoms with Gasteiger partial charge in [0.2, 0.25) is 0 Å². The molecule has 4 N–H and O–H groups in total. The molecule has 0 spiro atoms. The lowest BCUT2D eigenvalue weighted by molar-refractivity contribution is 0.401. The van der Waals surface area contributed by atoms with Gasteiger partial charge in [0, 0.05) is 16.4 Å². The zero-order chi connectivity index (χ0) is 13.5. The molecule has 1 aliphatic rings. The second-order valence-electron chi connectivity index (χ2n) is 4.53. The minimum Gasteiger partial charge on any atom is -0.313 e. The minimum atomic E-state index is -1.24. The molecule has 2 rings (SSSR count). The number of nitrogens with zero attached hydrogens (tertiary/aromatic N) is 2. The molecular weight excluding hydrogens is 248 g/mol. The molecule has 0 bridgehead atoms. The summed E-state index contributed by atoms with van der Waals surface area (Å²) in [7, 11) is 0. The summed E-state index contributed by atoms with van der Waals surface area (Å²) < 4.78 is 0. The van der Waals surface area contributed by atoms with Crippen molar-refractivity contribution in [2.45, 2.75) is 19.6 Å². The van der Waals surface area contributed by atoms with Gasteiger partial charge < -0.3 is 4.90 Å². The van der Waals surface area contributed by atoms with Crippen molar-refractivity contribution in [1.29, 1.82) is 5.26 Å². The highest BCUT2D eigenvalue weighted by Crippen LogP contribution is 2.39. The first-order chi connectivity index (χ1) is 8.39. The van der Waals surface area contributed by atoms with E-state index in [2.05, 4.69) is 6.07 Å².